The fourth-order valence-corrected chi connectivity index (χ4v) is 0.855. The van der Waals surface area contributed by atoms with Gasteiger partial charge in [0.05, 0.1) is 6.04 Å². The lowest BCUT2D eigenvalue weighted by molar-refractivity contribution is -0.0580. The van der Waals surface area contributed by atoms with Gasteiger partial charge in [-0.1, -0.05) is 6.92 Å². The summed E-state index contributed by atoms with van der Waals surface area (Å²) in [5.74, 6) is 0. The minimum atomic E-state index is -4.34. The quantitative estimate of drug-likeness (QED) is 0.543. The second-order valence-electron chi connectivity index (χ2n) is 2.47. The molecule has 0 N–H and O–H groups in total. The summed E-state index contributed by atoms with van der Waals surface area (Å²) < 4.78 is 36.1. The number of halogens is 3. The van der Waals surface area contributed by atoms with Gasteiger partial charge in [-0.15, -0.1) is 5.73 Å². The normalized spacial score (nSPS) is 22.7. The number of aliphatic imine (C=N–C) groups is 1. The van der Waals surface area contributed by atoms with Gasteiger partial charge in [0.25, 0.3) is 0 Å². The van der Waals surface area contributed by atoms with E-state index >= 15 is 0 Å². The molecule has 4 heteroatoms. The molecule has 0 aromatic rings. The largest absolute Gasteiger partial charge is 0.433 e. The van der Waals surface area contributed by atoms with Crippen LogP contribution in [0.5, 0.6) is 0 Å². The summed E-state index contributed by atoms with van der Waals surface area (Å²) in [6, 6.07) is -0.369. The smallest absolute Gasteiger partial charge is 0.272 e. The standard InChI is InChI=1S/C8H8F3N/c1-2-6-4-3-5-7(12-6)8(9,10)11/h4-6H,2H2,1H3. The Bertz CT molecular complexity index is 256. The van der Waals surface area contributed by atoms with Crippen LogP contribution in [0.3, 0.4) is 0 Å². The molecule has 1 nitrogen and oxygen atoms in total. The topological polar surface area (TPSA) is 12.4 Å². The zero-order valence-electron chi connectivity index (χ0n) is 6.52. The summed E-state index contributed by atoms with van der Waals surface area (Å²) in [5, 5.41) is 0. The third-order valence-electron chi connectivity index (χ3n) is 1.52. The highest BCUT2D eigenvalue weighted by atomic mass is 19.4. The molecule has 12 heavy (non-hydrogen) atoms. The van der Waals surface area contributed by atoms with Crippen molar-refractivity contribution in [3.8, 4) is 0 Å². The lowest BCUT2D eigenvalue weighted by atomic mass is 10.2. The van der Waals surface area contributed by atoms with E-state index in [1.807, 2.05) is 0 Å². The number of hydrogen-bond donors (Lipinski definition) is 0. The molecule has 0 aromatic heterocycles. The Morgan fingerprint density at radius 3 is 2.75 bits per heavy atom. The summed E-state index contributed by atoms with van der Waals surface area (Å²) in [5.41, 5.74) is 1.61. The summed E-state index contributed by atoms with van der Waals surface area (Å²) >= 11 is 0. The molecule has 1 rings (SSSR count). The van der Waals surface area contributed by atoms with E-state index in [0.29, 0.717) is 6.42 Å². The minimum Gasteiger partial charge on any atom is -0.272 e. The second kappa shape index (κ2) is 3.15. The molecule has 0 aromatic carbocycles. The number of rotatable bonds is 1. The van der Waals surface area contributed by atoms with Crippen molar-refractivity contribution >= 4 is 5.71 Å². The van der Waals surface area contributed by atoms with Gasteiger partial charge in [0.15, 0.2) is 0 Å². The Kier molecular flexibility index (Phi) is 2.38. The molecule has 0 spiro atoms. The SMILES string of the molecule is CCC1C=C=CC(C(F)(F)F)=N1. The highest BCUT2D eigenvalue weighted by Gasteiger charge is 2.34. The first kappa shape index (κ1) is 9.07. The molecule has 66 valence electrons. The first-order chi connectivity index (χ1) is 5.54. The molecule has 0 fully saturated rings. The summed E-state index contributed by atoms with van der Waals surface area (Å²) in [6.45, 7) is 1.78. The van der Waals surface area contributed by atoms with Crippen LogP contribution in [-0.2, 0) is 0 Å². The summed E-state index contributed by atoms with van der Waals surface area (Å²) in [4.78, 5) is 3.49. The van der Waals surface area contributed by atoms with Gasteiger partial charge < -0.3 is 0 Å². The van der Waals surface area contributed by atoms with Crippen LogP contribution in [0.2, 0.25) is 0 Å². The number of nitrogens with zero attached hydrogens (tertiary/aromatic N) is 1. The molecule has 0 saturated carbocycles. The van der Waals surface area contributed by atoms with Crippen molar-refractivity contribution in [3.63, 3.8) is 0 Å². The zero-order chi connectivity index (χ0) is 9.19. The molecule has 1 aliphatic heterocycles. The van der Waals surface area contributed by atoms with E-state index in [1.54, 1.807) is 6.92 Å². The maximum atomic E-state index is 12.0. The zero-order valence-corrected chi connectivity index (χ0v) is 6.52. The van der Waals surface area contributed by atoms with E-state index in [-0.39, 0.29) is 6.04 Å². The van der Waals surface area contributed by atoms with E-state index in [0.717, 1.165) is 6.08 Å². The lowest BCUT2D eigenvalue weighted by Crippen LogP contribution is -2.23. The first-order valence-corrected chi connectivity index (χ1v) is 3.61. The average Bonchev–Trinajstić information content (AvgIpc) is 2.03. The van der Waals surface area contributed by atoms with Crippen LogP contribution < -0.4 is 0 Å². The van der Waals surface area contributed by atoms with Gasteiger partial charge in [-0.25, -0.2) is 0 Å². The molecule has 0 bridgehead atoms. The van der Waals surface area contributed by atoms with Crippen molar-refractivity contribution < 1.29 is 13.2 Å². The number of hydrogen-bond acceptors (Lipinski definition) is 1. The predicted octanol–water partition coefficient (Wildman–Crippen LogP) is 2.49. The molecule has 0 radical (unpaired) electrons. The van der Waals surface area contributed by atoms with Gasteiger partial charge in [0, 0.05) is 6.08 Å². The average molecular weight is 175 g/mol. The van der Waals surface area contributed by atoms with Crippen molar-refractivity contribution in [2.75, 3.05) is 0 Å². The molecular weight excluding hydrogens is 167 g/mol. The van der Waals surface area contributed by atoms with E-state index in [2.05, 4.69) is 10.7 Å². The van der Waals surface area contributed by atoms with Crippen LogP contribution >= 0.6 is 0 Å². The molecule has 1 heterocycles. The van der Waals surface area contributed by atoms with Crippen molar-refractivity contribution in [2.45, 2.75) is 25.6 Å². The van der Waals surface area contributed by atoms with Gasteiger partial charge in [0.1, 0.15) is 5.71 Å². The summed E-state index contributed by atoms with van der Waals surface area (Å²) in [6.07, 6.45) is -1.36. The Morgan fingerprint density at radius 2 is 2.25 bits per heavy atom. The molecule has 1 unspecified atom stereocenters. The highest BCUT2D eigenvalue weighted by molar-refractivity contribution is 5.99. The Balaban J connectivity index is 2.88. The van der Waals surface area contributed by atoms with E-state index in [4.69, 9.17) is 0 Å². The maximum Gasteiger partial charge on any atom is 0.433 e. The van der Waals surface area contributed by atoms with Crippen molar-refractivity contribution in [3.05, 3.63) is 17.9 Å². The number of alkyl halides is 3. The Morgan fingerprint density at radius 1 is 1.58 bits per heavy atom. The third kappa shape index (κ3) is 1.98. The van der Waals surface area contributed by atoms with E-state index in [1.165, 1.54) is 6.08 Å². The van der Waals surface area contributed by atoms with Crippen LogP contribution in [-0.4, -0.2) is 17.9 Å². The molecular formula is C8H8F3N. The highest BCUT2D eigenvalue weighted by Crippen LogP contribution is 2.20. The first-order valence-electron chi connectivity index (χ1n) is 3.61. The van der Waals surface area contributed by atoms with Gasteiger partial charge >= 0.3 is 6.18 Å². The van der Waals surface area contributed by atoms with Gasteiger partial charge in [-0.3, -0.25) is 4.99 Å². The third-order valence-corrected chi connectivity index (χ3v) is 1.52. The molecule has 0 saturated heterocycles. The van der Waals surface area contributed by atoms with E-state index < -0.39 is 11.9 Å². The van der Waals surface area contributed by atoms with Crippen LogP contribution in [0.4, 0.5) is 13.2 Å². The van der Waals surface area contributed by atoms with E-state index in [9.17, 15) is 13.2 Å². The van der Waals surface area contributed by atoms with Gasteiger partial charge in [-0.05, 0) is 12.5 Å². The Labute approximate surface area is 68.3 Å². The van der Waals surface area contributed by atoms with Crippen LogP contribution in [0, 0.1) is 0 Å². The van der Waals surface area contributed by atoms with Crippen molar-refractivity contribution in [1.29, 1.82) is 0 Å². The minimum absolute atomic E-state index is 0.369. The van der Waals surface area contributed by atoms with Crippen LogP contribution in [0.15, 0.2) is 22.9 Å². The second-order valence-corrected chi connectivity index (χ2v) is 2.47. The van der Waals surface area contributed by atoms with Gasteiger partial charge in [-0.2, -0.15) is 13.2 Å². The van der Waals surface area contributed by atoms with Gasteiger partial charge in [0.2, 0.25) is 0 Å². The fourth-order valence-electron chi connectivity index (χ4n) is 0.855. The predicted molar refractivity (Wildman–Crippen MR) is 40.2 cm³/mol. The fraction of sp³-hybridized carbons (Fsp3) is 0.500. The molecule has 1 aliphatic rings. The van der Waals surface area contributed by atoms with Crippen molar-refractivity contribution in [2.24, 2.45) is 4.99 Å². The van der Waals surface area contributed by atoms with Crippen LogP contribution in [0.1, 0.15) is 13.3 Å². The monoisotopic (exact) mass is 175 g/mol. The molecule has 1 atom stereocenters. The Hall–Kier alpha value is -1.02. The van der Waals surface area contributed by atoms with Crippen molar-refractivity contribution in [1.82, 2.24) is 0 Å². The molecule has 0 aliphatic carbocycles. The lowest BCUT2D eigenvalue weighted by Gasteiger charge is -2.11. The maximum absolute atomic E-state index is 12.0. The van der Waals surface area contributed by atoms with Crippen LogP contribution in [0.25, 0.3) is 0 Å². The molecule has 0 amide bonds. The summed E-state index contributed by atoms with van der Waals surface area (Å²) in [7, 11) is 0.